The zero-order valence-corrected chi connectivity index (χ0v) is 17.3. The molecule has 0 N–H and O–H groups in total. The number of piperidine rings is 1. The van der Waals surface area contributed by atoms with Crippen molar-refractivity contribution in [2.75, 3.05) is 18.0 Å². The van der Waals surface area contributed by atoms with Crippen molar-refractivity contribution in [3.05, 3.63) is 39.5 Å². The van der Waals surface area contributed by atoms with Crippen LogP contribution in [0.25, 0.3) is 21.3 Å². The summed E-state index contributed by atoms with van der Waals surface area (Å²) in [5, 5.41) is 1.51. The van der Waals surface area contributed by atoms with Gasteiger partial charge in [-0.05, 0) is 67.8 Å². The number of aryl methyl sites for hydroxylation is 3. The first-order valence-electron chi connectivity index (χ1n) is 9.23. The van der Waals surface area contributed by atoms with Crippen LogP contribution in [0, 0.1) is 26.7 Å². The van der Waals surface area contributed by atoms with Crippen LogP contribution in [0.5, 0.6) is 0 Å². The van der Waals surface area contributed by atoms with Crippen LogP contribution in [0.4, 0.5) is 5.82 Å². The van der Waals surface area contributed by atoms with Crippen molar-refractivity contribution in [2.45, 2.75) is 40.5 Å². The maximum Gasteiger partial charge on any atom is 0.225 e. The third kappa shape index (κ3) is 3.10. The van der Waals surface area contributed by atoms with Gasteiger partial charge in [0.05, 0.1) is 5.39 Å². The predicted molar refractivity (Wildman–Crippen MR) is 113 cm³/mol. The Morgan fingerprint density at radius 2 is 1.81 bits per heavy atom. The van der Waals surface area contributed by atoms with Gasteiger partial charge in [0.1, 0.15) is 10.6 Å². The van der Waals surface area contributed by atoms with Crippen molar-refractivity contribution in [3.8, 4) is 11.1 Å². The molecule has 1 fully saturated rings. The Balaban J connectivity index is 1.93. The van der Waals surface area contributed by atoms with Crippen molar-refractivity contribution in [1.82, 2.24) is 9.97 Å². The molecule has 5 heteroatoms. The fourth-order valence-electron chi connectivity index (χ4n) is 3.76. The summed E-state index contributed by atoms with van der Waals surface area (Å²) in [6.07, 6.45) is 2.40. The molecule has 0 bridgehead atoms. The van der Waals surface area contributed by atoms with E-state index in [0.29, 0.717) is 5.28 Å². The number of fused-ring (bicyclic) bond motifs is 1. The van der Waals surface area contributed by atoms with Crippen LogP contribution < -0.4 is 4.90 Å². The second kappa shape index (κ2) is 6.82. The molecule has 4 rings (SSSR count). The van der Waals surface area contributed by atoms with E-state index in [2.05, 4.69) is 60.8 Å². The Morgan fingerprint density at radius 1 is 1.08 bits per heavy atom. The van der Waals surface area contributed by atoms with Gasteiger partial charge in [0.2, 0.25) is 5.28 Å². The normalized spacial score (nSPS) is 15.8. The van der Waals surface area contributed by atoms with E-state index in [4.69, 9.17) is 11.6 Å². The Hall–Kier alpha value is -1.65. The maximum absolute atomic E-state index is 6.28. The highest BCUT2D eigenvalue weighted by atomic mass is 35.5. The first-order valence-corrected chi connectivity index (χ1v) is 10.4. The number of aromatic nitrogens is 2. The number of hydrogen-bond acceptors (Lipinski definition) is 4. The van der Waals surface area contributed by atoms with Crippen molar-refractivity contribution in [2.24, 2.45) is 5.92 Å². The SMILES string of the molecule is Cc1ccc(-c2c(C)sc3nc(Cl)nc(N4CCC(C)CC4)c23)cc1C. The Morgan fingerprint density at radius 3 is 2.50 bits per heavy atom. The van der Waals surface area contributed by atoms with Crippen LogP contribution in [0.1, 0.15) is 35.8 Å². The predicted octanol–water partition coefficient (Wildman–Crippen LogP) is 6.17. The molecule has 3 heterocycles. The van der Waals surface area contributed by atoms with Gasteiger partial charge >= 0.3 is 0 Å². The molecule has 1 saturated heterocycles. The lowest BCUT2D eigenvalue weighted by atomic mass is 9.97. The van der Waals surface area contributed by atoms with E-state index in [1.807, 2.05) is 0 Å². The van der Waals surface area contributed by atoms with Gasteiger partial charge in [0.25, 0.3) is 0 Å². The van der Waals surface area contributed by atoms with Crippen LogP contribution in [-0.4, -0.2) is 23.1 Å². The standard InChI is InChI=1S/C21H24ClN3S/c1-12-7-9-25(10-8-12)19-18-17(16-6-5-13(2)14(3)11-16)15(4)26-20(18)24-21(22)23-19/h5-6,11-12H,7-10H2,1-4H3. The molecular formula is C21H24ClN3S. The monoisotopic (exact) mass is 385 g/mol. The lowest BCUT2D eigenvalue weighted by Gasteiger charge is -2.31. The molecule has 3 nitrogen and oxygen atoms in total. The lowest BCUT2D eigenvalue weighted by molar-refractivity contribution is 0.437. The number of rotatable bonds is 2. The van der Waals surface area contributed by atoms with E-state index in [-0.39, 0.29) is 0 Å². The smallest absolute Gasteiger partial charge is 0.225 e. The molecule has 0 aliphatic carbocycles. The fourth-order valence-corrected chi connectivity index (χ4v) is 5.02. The molecule has 3 aromatic rings. The number of anilines is 1. The van der Waals surface area contributed by atoms with Crippen LogP contribution in [-0.2, 0) is 0 Å². The molecular weight excluding hydrogens is 362 g/mol. The summed E-state index contributed by atoms with van der Waals surface area (Å²) in [6.45, 7) is 10.9. The van der Waals surface area contributed by atoms with Gasteiger partial charge in [-0.15, -0.1) is 11.3 Å². The van der Waals surface area contributed by atoms with Gasteiger partial charge in [-0.25, -0.2) is 4.98 Å². The molecule has 0 atom stereocenters. The molecule has 0 radical (unpaired) electrons. The van der Waals surface area contributed by atoms with Crippen LogP contribution >= 0.6 is 22.9 Å². The fraction of sp³-hybridized carbons (Fsp3) is 0.429. The summed E-state index contributed by atoms with van der Waals surface area (Å²) in [5.74, 6) is 1.78. The molecule has 1 aliphatic rings. The molecule has 26 heavy (non-hydrogen) atoms. The summed E-state index contributed by atoms with van der Waals surface area (Å²) < 4.78 is 0. The Kier molecular flexibility index (Phi) is 4.66. The summed E-state index contributed by atoms with van der Waals surface area (Å²) in [7, 11) is 0. The van der Waals surface area contributed by atoms with Crippen LogP contribution in [0.3, 0.4) is 0 Å². The molecule has 0 amide bonds. The molecule has 136 valence electrons. The topological polar surface area (TPSA) is 29.0 Å². The summed E-state index contributed by atoms with van der Waals surface area (Å²) in [5.41, 5.74) is 5.13. The molecule has 1 aromatic carbocycles. The van der Waals surface area contributed by atoms with Gasteiger partial charge in [0, 0.05) is 23.5 Å². The Bertz CT molecular complexity index is 971. The highest BCUT2D eigenvalue weighted by Crippen LogP contribution is 2.43. The first kappa shape index (κ1) is 17.7. The van der Waals surface area contributed by atoms with Crippen LogP contribution in [0.15, 0.2) is 18.2 Å². The minimum Gasteiger partial charge on any atom is -0.356 e. The number of nitrogens with zero attached hydrogens (tertiary/aromatic N) is 3. The second-order valence-corrected chi connectivity index (χ2v) is 9.04. The number of hydrogen-bond donors (Lipinski definition) is 0. The van der Waals surface area contributed by atoms with Gasteiger partial charge in [-0.1, -0.05) is 25.1 Å². The summed E-state index contributed by atoms with van der Waals surface area (Å²) >= 11 is 8.00. The first-order chi connectivity index (χ1) is 12.4. The quantitative estimate of drug-likeness (QED) is 0.493. The average Bonchev–Trinajstić information content (AvgIpc) is 2.93. The Labute approximate surface area is 164 Å². The van der Waals surface area contributed by atoms with Gasteiger partial charge < -0.3 is 4.90 Å². The van der Waals surface area contributed by atoms with E-state index in [1.54, 1.807) is 11.3 Å². The lowest BCUT2D eigenvalue weighted by Crippen LogP contribution is -2.33. The molecule has 1 aliphatic heterocycles. The van der Waals surface area contributed by atoms with Crippen LogP contribution in [0.2, 0.25) is 5.28 Å². The molecule has 0 saturated carbocycles. The molecule has 0 spiro atoms. The zero-order valence-electron chi connectivity index (χ0n) is 15.8. The highest BCUT2D eigenvalue weighted by molar-refractivity contribution is 7.19. The van der Waals surface area contributed by atoms with E-state index in [9.17, 15) is 0 Å². The average molecular weight is 386 g/mol. The highest BCUT2D eigenvalue weighted by Gasteiger charge is 2.24. The number of thiophene rings is 1. The third-order valence-corrected chi connectivity index (χ3v) is 6.73. The zero-order chi connectivity index (χ0) is 18.4. The molecule has 2 aromatic heterocycles. The van der Waals surface area contributed by atoms with Gasteiger partial charge in [0.15, 0.2) is 0 Å². The van der Waals surface area contributed by atoms with Crippen molar-refractivity contribution in [1.29, 1.82) is 0 Å². The van der Waals surface area contributed by atoms with E-state index < -0.39 is 0 Å². The van der Waals surface area contributed by atoms with E-state index in [1.165, 1.54) is 40.0 Å². The van der Waals surface area contributed by atoms with Gasteiger partial charge in [-0.2, -0.15) is 4.98 Å². The van der Waals surface area contributed by atoms with Crippen molar-refractivity contribution < 1.29 is 0 Å². The largest absolute Gasteiger partial charge is 0.356 e. The molecule has 0 unspecified atom stereocenters. The summed E-state index contributed by atoms with van der Waals surface area (Å²) in [4.78, 5) is 13.9. The minimum absolute atomic E-state index is 0.346. The van der Waals surface area contributed by atoms with E-state index >= 15 is 0 Å². The maximum atomic E-state index is 6.28. The third-order valence-electron chi connectivity index (χ3n) is 5.56. The van der Waals surface area contributed by atoms with Crippen molar-refractivity contribution >= 4 is 39.0 Å². The number of benzene rings is 1. The second-order valence-electron chi connectivity index (χ2n) is 7.50. The summed E-state index contributed by atoms with van der Waals surface area (Å²) in [6, 6.07) is 6.70. The van der Waals surface area contributed by atoms with Gasteiger partial charge in [-0.3, -0.25) is 0 Å². The minimum atomic E-state index is 0.346. The van der Waals surface area contributed by atoms with E-state index in [0.717, 1.165) is 35.0 Å². The number of halogens is 1. The van der Waals surface area contributed by atoms with Crippen molar-refractivity contribution in [3.63, 3.8) is 0 Å².